The quantitative estimate of drug-likeness (QED) is 0.488. The average Bonchev–Trinajstić information content (AvgIpc) is 3.04. The highest BCUT2D eigenvalue weighted by Gasteiger charge is 2.24. The molecule has 0 atom stereocenters. The van der Waals surface area contributed by atoms with Gasteiger partial charge in [0.2, 0.25) is 15.9 Å². The molecule has 0 spiro atoms. The number of ether oxygens (including phenoxy) is 1. The molecule has 0 aliphatic carbocycles. The smallest absolute Gasteiger partial charge is 0.243 e. The predicted molar refractivity (Wildman–Crippen MR) is 134 cm³/mol. The number of aryl methyl sites for hydroxylation is 1. The highest BCUT2D eigenvalue weighted by Crippen LogP contribution is 2.22. The van der Waals surface area contributed by atoms with Crippen LogP contribution in [0.2, 0.25) is 0 Å². The van der Waals surface area contributed by atoms with E-state index in [1.807, 2.05) is 42.6 Å². The van der Waals surface area contributed by atoms with E-state index in [4.69, 9.17) is 4.74 Å². The Morgan fingerprint density at radius 3 is 2.44 bits per heavy atom. The molecule has 0 radical (unpaired) electrons. The molecule has 0 saturated carbocycles. The molecule has 0 bridgehead atoms. The first kappa shape index (κ1) is 24.4. The van der Waals surface area contributed by atoms with E-state index in [0.29, 0.717) is 37.4 Å². The summed E-state index contributed by atoms with van der Waals surface area (Å²) in [5.74, 6) is -0.0700. The minimum atomic E-state index is -3.45. The number of methoxy groups -OCH3 is 1. The SMILES string of the molecule is COCCn1ccc2cc(NC(=O)CCc3ccc(S(=O)(=O)N4CCCCCC4)cc3)ccc21. The summed E-state index contributed by atoms with van der Waals surface area (Å²) in [6.07, 6.45) is 6.89. The molecule has 1 N–H and O–H groups in total. The predicted octanol–water partition coefficient (Wildman–Crippen LogP) is 4.42. The summed E-state index contributed by atoms with van der Waals surface area (Å²) >= 11 is 0. The van der Waals surface area contributed by atoms with Crippen molar-refractivity contribution in [3.8, 4) is 0 Å². The molecular formula is C26H33N3O4S. The molecule has 1 aromatic heterocycles. The second-order valence-electron chi connectivity index (χ2n) is 8.79. The molecule has 8 heteroatoms. The average molecular weight is 484 g/mol. The number of carbonyl (C=O) groups excluding carboxylic acids is 1. The van der Waals surface area contributed by atoms with Gasteiger partial charge in [-0.05, 0) is 61.2 Å². The first-order chi connectivity index (χ1) is 16.5. The molecule has 1 aliphatic heterocycles. The van der Waals surface area contributed by atoms with Crippen LogP contribution in [0, 0.1) is 0 Å². The van der Waals surface area contributed by atoms with Gasteiger partial charge in [0.25, 0.3) is 0 Å². The van der Waals surface area contributed by atoms with Gasteiger partial charge < -0.3 is 14.6 Å². The number of fused-ring (bicyclic) bond motifs is 1. The zero-order valence-electron chi connectivity index (χ0n) is 19.7. The molecular weight excluding hydrogens is 450 g/mol. The van der Waals surface area contributed by atoms with Crippen LogP contribution in [0.4, 0.5) is 5.69 Å². The fourth-order valence-corrected chi connectivity index (χ4v) is 5.92. The van der Waals surface area contributed by atoms with Gasteiger partial charge >= 0.3 is 0 Å². The van der Waals surface area contributed by atoms with Gasteiger partial charge in [-0.1, -0.05) is 25.0 Å². The fraction of sp³-hybridized carbons (Fsp3) is 0.423. The number of carbonyl (C=O) groups is 1. The zero-order chi connectivity index (χ0) is 24.0. The molecule has 1 saturated heterocycles. The number of hydrogen-bond acceptors (Lipinski definition) is 4. The van der Waals surface area contributed by atoms with E-state index in [-0.39, 0.29) is 5.91 Å². The summed E-state index contributed by atoms with van der Waals surface area (Å²) in [4.78, 5) is 12.8. The minimum absolute atomic E-state index is 0.0700. The van der Waals surface area contributed by atoms with Crippen LogP contribution < -0.4 is 5.32 Å². The number of nitrogens with zero attached hydrogens (tertiary/aromatic N) is 2. The van der Waals surface area contributed by atoms with Crippen LogP contribution in [-0.4, -0.2) is 50.0 Å². The van der Waals surface area contributed by atoms with Crippen molar-refractivity contribution in [3.05, 3.63) is 60.3 Å². The Kier molecular flexibility index (Phi) is 8.03. The fourth-order valence-electron chi connectivity index (χ4n) is 4.40. The van der Waals surface area contributed by atoms with E-state index in [1.165, 1.54) is 0 Å². The molecule has 3 aromatic rings. The molecule has 182 valence electrons. The third-order valence-electron chi connectivity index (χ3n) is 6.36. The van der Waals surface area contributed by atoms with Crippen LogP contribution in [0.3, 0.4) is 0 Å². The lowest BCUT2D eigenvalue weighted by Gasteiger charge is -2.20. The Labute approximate surface area is 201 Å². The van der Waals surface area contributed by atoms with Crippen molar-refractivity contribution in [1.29, 1.82) is 0 Å². The lowest BCUT2D eigenvalue weighted by molar-refractivity contribution is -0.116. The molecule has 2 aromatic carbocycles. The van der Waals surface area contributed by atoms with Gasteiger partial charge in [-0.25, -0.2) is 8.42 Å². The largest absolute Gasteiger partial charge is 0.383 e. The Morgan fingerprint density at radius 2 is 1.74 bits per heavy atom. The molecule has 34 heavy (non-hydrogen) atoms. The summed E-state index contributed by atoms with van der Waals surface area (Å²) in [6.45, 7) is 2.61. The van der Waals surface area contributed by atoms with E-state index >= 15 is 0 Å². The topological polar surface area (TPSA) is 80.6 Å². The third kappa shape index (κ3) is 5.87. The molecule has 1 amide bonds. The number of anilines is 1. The van der Waals surface area contributed by atoms with Gasteiger partial charge in [0.15, 0.2) is 0 Å². The molecule has 1 fully saturated rings. The van der Waals surface area contributed by atoms with Crippen molar-refractivity contribution >= 4 is 32.5 Å². The van der Waals surface area contributed by atoms with Crippen molar-refractivity contribution in [2.75, 3.05) is 32.1 Å². The summed E-state index contributed by atoms with van der Waals surface area (Å²) in [5.41, 5.74) is 2.81. The van der Waals surface area contributed by atoms with E-state index in [2.05, 4.69) is 9.88 Å². The van der Waals surface area contributed by atoms with Crippen molar-refractivity contribution in [3.63, 3.8) is 0 Å². The van der Waals surface area contributed by atoms with Crippen LogP contribution >= 0.6 is 0 Å². The standard InChI is InChI=1S/C26H33N3O4S/c1-33-19-18-28-17-14-22-20-23(9-12-25(22)28)27-26(30)13-8-21-6-10-24(11-7-21)34(31,32)29-15-4-2-3-5-16-29/h6-7,9-12,14,17,20H,2-5,8,13,15-16,18-19H2,1H3,(H,27,30). The van der Waals surface area contributed by atoms with Crippen molar-refractivity contribution in [2.45, 2.75) is 50.0 Å². The number of sulfonamides is 1. The Bertz CT molecular complexity index is 1210. The number of hydrogen-bond donors (Lipinski definition) is 1. The summed E-state index contributed by atoms with van der Waals surface area (Å²) in [5, 5.41) is 4.03. The van der Waals surface area contributed by atoms with Crippen molar-refractivity contribution in [2.24, 2.45) is 0 Å². The maximum absolute atomic E-state index is 12.9. The van der Waals surface area contributed by atoms with Gasteiger partial charge in [-0.2, -0.15) is 4.31 Å². The number of aromatic nitrogens is 1. The lowest BCUT2D eigenvalue weighted by Crippen LogP contribution is -2.31. The second-order valence-corrected chi connectivity index (χ2v) is 10.7. The summed E-state index contributed by atoms with van der Waals surface area (Å²) in [7, 11) is -1.76. The van der Waals surface area contributed by atoms with Gasteiger partial charge in [-0.3, -0.25) is 4.79 Å². The lowest BCUT2D eigenvalue weighted by atomic mass is 10.1. The molecule has 0 unspecified atom stereocenters. The number of rotatable bonds is 9. The van der Waals surface area contributed by atoms with Gasteiger partial charge in [-0.15, -0.1) is 0 Å². The van der Waals surface area contributed by atoms with Crippen LogP contribution in [0.25, 0.3) is 10.9 Å². The van der Waals surface area contributed by atoms with E-state index in [1.54, 1.807) is 23.5 Å². The number of amides is 1. The van der Waals surface area contributed by atoms with E-state index < -0.39 is 10.0 Å². The summed E-state index contributed by atoms with van der Waals surface area (Å²) in [6, 6.07) is 14.9. The summed E-state index contributed by atoms with van der Waals surface area (Å²) < 4.78 is 34.7. The monoisotopic (exact) mass is 483 g/mol. The zero-order valence-corrected chi connectivity index (χ0v) is 20.5. The van der Waals surface area contributed by atoms with Crippen LogP contribution in [0.1, 0.15) is 37.7 Å². The van der Waals surface area contributed by atoms with Gasteiger partial charge in [0.05, 0.1) is 11.5 Å². The van der Waals surface area contributed by atoms with Crippen molar-refractivity contribution in [1.82, 2.24) is 8.87 Å². The first-order valence-electron chi connectivity index (χ1n) is 11.9. The number of benzene rings is 2. The molecule has 7 nitrogen and oxygen atoms in total. The minimum Gasteiger partial charge on any atom is -0.383 e. The Morgan fingerprint density at radius 1 is 1.00 bits per heavy atom. The van der Waals surface area contributed by atoms with Crippen LogP contribution in [-0.2, 0) is 32.5 Å². The molecule has 4 rings (SSSR count). The van der Waals surface area contributed by atoms with Crippen LogP contribution in [0.15, 0.2) is 59.6 Å². The molecule has 1 aliphatic rings. The van der Waals surface area contributed by atoms with Gasteiger partial charge in [0.1, 0.15) is 0 Å². The maximum atomic E-state index is 12.9. The first-order valence-corrected chi connectivity index (χ1v) is 13.4. The van der Waals surface area contributed by atoms with Crippen LogP contribution in [0.5, 0.6) is 0 Å². The van der Waals surface area contributed by atoms with E-state index in [0.717, 1.165) is 54.4 Å². The van der Waals surface area contributed by atoms with E-state index in [9.17, 15) is 13.2 Å². The Hall–Kier alpha value is -2.68. The van der Waals surface area contributed by atoms with Crippen molar-refractivity contribution < 1.29 is 17.9 Å². The second kappa shape index (κ2) is 11.2. The van der Waals surface area contributed by atoms with Gasteiger partial charge in [0, 0.05) is 56.0 Å². The highest BCUT2D eigenvalue weighted by molar-refractivity contribution is 7.89. The highest BCUT2D eigenvalue weighted by atomic mass is 32.2. The third-order valence-corrected chi connectivity index (χ3v) is 8.27. The Balaban J connectivity index is 1.32. The maximum Gasteiger partial charge on any atom is 0.243 e. The molecule has 2 heterocycles. The number of nitrogens with one attached hydrogen (secondary N) is 1. The normalized spacial score (nSPS) is 15.3.